The SMILES string of the molecule is O=S(=O)(c1ccc(Br)cc1)N(CC1CCCN1)C1CC1. The summed E-state index contributed by atoms with van der Waals surface area (Å²) in [5.74, 6) is 0. The van der Waals surface area contributed by atoms with Crippen LogP contribution in [-0.2, 0) is 10.0 Å². The number of halogens is 1. The van der Waals surface area contributed by atoms with E-state index in [0.29, 0.717) is 17.5 Å². The molecule has 1 saturated carbocycles. The van der Waals surface area contributed by atoms with E-state index < -0.39 is 10.0 Å². The van der Waals surface area contributed by atoms with Crippen LogP contribution in [0.2, 0.25) is 0 Å². The molecular formula is C14H19BrN2O2S. The predicted octanol–water partition coefficient (Wildman–Crippen LogP) is 2.35. The fourth-order valence-electron chi connectivity index (χ4n) is 2.68. The Morgan fingerprint density at radius 1 is 1.20 bits per heavy atom. The highest BCUT2D eigenvalue weighted by atomic mass is 79.9. The summed E-state index contributed by atoms with van der Waals surface area (Å²) < 4.78 is 28.2. The second-order valence-electron chi connectivity index (χ2n) is 5.55. The van der Waals surface area contributed by atoms with Crippen molar-refractivity contribution in [2.24, 2.45) is 0 Å². The Labute approximate surface area is 128 Å². The van der Waals surface area contributed by atoms with Gasteiger partial charge in [-0.15, -0.1) is 0 Å². The molecule has 0 spiro atoms. The van der Waals surface area contributed by atoms with Crippen molar-refractivity contribution in [1.29, 1.82) is 0 Å². The molecule has 0 amide bonds. The number of hydrogen-bond acceptors (Lipinski definition) is 3. The summed E-state index contributed by atoms with van der Waals surface area (Å²) in [4.78, 5) is 0.394. The van der Waals surface area contributed by atoms with E-state index in [2.05, 4.69) is 21.2 Å². The number of nitrogens with zero attached hydrogens (tertiary/aromatic N) is 1. The first-order chi connectivity index (χ1) is 9.57. The Hall–Kier alpha value is -0.430. The maximum absolute atomic E-state index is 12.8. The van der Waals surface area contributed by atoms with Gasteiger partial charge in [0.2, 0.25) is 10.0 Å². The molecule has 1 atom stereocenters. The molecule has 1 aromatic carbocycles. The van der Waals surface area contributed by atoms with Gasteiger partial charge in [-0.05, 0) is 56.5 Å². The number of nitrogens with one attached hydrogen (secondary N) is 1. The lowest BCUT2D eigenvalue weighted by atomic mass is 10.2. The van der Waals surface area contributed by atoms with E-state index in [1.165, 1.54) is 0 Å². The average molecular weight is 359 g/mol. The minimum absolute atomic E-state index is 0.200. The van der Waals surface area contributed by atoms with E-state index in [1.807, 2.05) is 0 Å². The zero-order valence-electron chi connectivity index (χ0n) is 11.3. The minimum atomic E-state index is -3.37. The fraction of sp³-hybridized carbons (Fsp3) is 0.571. The third-order valence-corrected chi connectivity index (χ3v) is 6.40. The van der Waals surface area contributed by atoms with Gasteiger partial charge in [0.05, 0.1) is 4.90 Å². The molecule has 3 rings (SSSR count). The quantitative estimate of drug-likeness (QED) is 0.878. The van der Waals surface area contributed by atoms with Crippen molar-refractivity contribution in [3.63, 3.8) is 0 Å². The van der Waals surface area contributed by atoms with E-state index in [-0.39, 0.29) is 6.04 Å². The average Bonchev–Trinajstić information content (AvgIpc) is 3.12. The monoisotopic (exact) mass is 358 g/mol. The fourth-order valence-corrected chi connectivity index (χ4v) is 4.67. The molecule has 4 nitrogen and oxygen atoms in total. The van der Waals surface area contributed by atoms with Gasteiger partial charge in [0.25, 0.3) is 0 Å². The molecule has 20 heavy (non-hydrogen) atoms. The molecular weight excluding hydrogens is 340 g/mol. The lowest BCUT2D eigenvalue weighted by molar-refractivity contribution is 0.363. The molecule has 1 N–H and O–H groups in total. The lowest BCUT2D eigenvalue weighted by Gasteiger charge is -2.25. The van der Waals surface area contributed by atoms with Crippen LogP contribution in [0.5, 0.6) is 0 Å². The van der Waals surface area contributed by atoms with Gasteiger partial charge in [-0.3, -0.25) is 0 Å². The molecule has 2 fully saturated rings. The first-order valence-corrected chi connectivity index (χ1v) is 9.31. The third kappa shape index (κ3) is 3.08. The molecule has 1 aromatic rings. The summed E-state index contributed by atoms with van der Waals surface area (Å²) >= 11 is 3.34. The topological polar surface area (TPSA) is 49.4 Å². The van der Waals surface area contributed by atoms with Gasteiger partial charge in [-0.2, -0.15) is 4.31 Å². The molecule has 0 aromatic heterocycles. The Bertz CT molecular complexity index is 563. The number of sulfonamides is 1. The highest BCUT2D eigenvalue weighted by molar-refractivity contribution is 9.10. The molecule has 0 bridgehead atoms. The second kappa shape index (κ2) is 5.75. The van der Waals surface area contributed by atoms with E-state index in [1.54, 1.807) is 28.6 Å². The maximum Gasteiger partial charge on any atom is 0.243 e. The van der Waals surface area contributed by atoms with Gasteiger partial charge in [0.15, 0.2) is 0 Å². The van der Waals surface area contributed by atoms with Crippen molar-refractivity contribution in [2.75, 3.05) is 13.1 Å². The maximum atomic E-state index is 12.8. The standard InChI is InChI=1S/C14H19BrN2O2S/c15-11-3-7-14(8-4-11)20(18,19)17(13-5-6-13)10-12-2-1-9-16-12/h3-4,7-8,12-13,16H,1-2,5-6,9-10H2. The summed E-state index contributed by atoms with van der Waals surface area (Å²) in [5, 5.41) is 3.39. The number of hydrogen-bond donors (Lipinski definition) is 1. The Balaban J connectivity index is 1.83. The van der Waals surface area contributed by atoms with Crippen LogP contribution in [0.3, 0.4) is 0 Å². The minimum Gasteiger partial charge on any atom is -0.313 e. The predicted molar refractivity (Wildman–Crippen MR) is 82.1 cm³/mol. The molecule has 1 heterocycles. The molecule has 1 aliphatic carbocycles. The zero-order chi connectivity index (χ0) is 14.2. The molecule has 1 aliphatic heterocycles. The van der Waals surface area contributed by atoms with E-state index in [0.717, 1.165) is 36.7 Å². The molecule has 1 saturated heterocycles. The van der Waals surface area contributed by atoms with Gasteiger partial charge in [-0.25, -0.2) is 8.42 Å². The van der Waals surface area contributed by atoms with Crippen molar-refractivity contribution in [3.05, 3.63) is 28.7 Å². The van der Waals surface area contributed by atoms with Crippen molar-refractivity contribution in [2.45, 2.75) is 42.7 Å². The van der Waals surface area contributed by atoms with Crippen molar-refractivity contribution < 1.29 is 8.42 Å². The zero-order valence-corrected chi connectivity index (χ0v) is 13.7. The smallest absolute Gasteiger partial charge is 0.243 e. The molecule has 2 aliphatic rings. The molecule has 0 radical (unpaired) electrons. The number of rotatable bonds is 5. The highest BCUT2D eigenvalue weighted by Crippen LogP contribution is 2.33. The van der Waals surface area contributed by atoms with E-state index >= 15 is 0 Å². The first kappa shape index (κ1) is 14.5. The van der Waals surface area contributed by atoms with Gasteiger partial charge < -0.3 is 5.32 Å². The second-order valence-corrected chi connectivity index (χ2v) is 8.36. The first-order valence-electron chi connectivity index (χ1n) is 7.08. The Kier molecular flexibility index (Phi) is 4.17. The van der Waals surface area contributed by atoms with Crippen molar-refractivity contribution >= 4 is 26.0 Å². The largest absolute Gasteiger partial charge is 0.313 e. The Morgan fingerprint density at radius 2 is 1.90 bits per heavy atom. The van der Waals surface area contributed by atoms with Crippen LogP contribution in [0.25, 0.3) is 0 Å². The van der Waals surface area contributed by atoms with Crippen LogP contribution >= 0.6 is 15.9 Å². The van der Waals surface area contributed by atoms with Crippen LogP contribution in [0.1, 0.15) is 25.7 Å². The third-order valence-electron chi connectivity index (χ3n) is 3.94. The van der Waals surface area contributed by atoms with Gasteiger partial charge in [-0.1, -0.05) is 15.9 Å². The van der Waals surface area contributed by atoms with Gasteiger partial charge in [0, 0.05) is 23.1 Å². The van der Waals surface area contributed by atoms with Crippen molar-refractivity contribution in [3.8, 4) is 0 Å². The lowest BCUT2D eigenvalue weighted by Crippen LogP contribution is -2.42. The van der Waals surface area contributed by atoms with Crippen molar-refractivity contribution in [1.82, 2.24) is 9.62 Å². The normalized spacial score (nSPS) is 23.4. The summed E-state index contributed by atoms with van der Waals surface area (Å²) in [6, 6.07) is 7.43. The van der Waals surface area contributed by atoms with E-state index in [9.17, 15) is 8.42 Å². The van der Waals surface area contributed by atoms with Crippen LogP contribution < -0.4 is 5.32 Å². The molecule has 6 heteroatoms. The van der Waals surface area contributed by atoms with Crippen LogP contribution in [-0.4, -0.2) is 37.9 Å². The highest BCUT2D eigenvalue weighted by Gasteiger charge is 2.39. The number of benzene rings is 1. The Morgan fingerprint density at radius 3 is 2.45 bits per heavy atom. The van der Waals surface area contributed by atoms with Gasteiger partial charge in [0.1, 0.15) is 0 Å². The summed E-state index contributed by atoms with van der Waals surface area (Å²) in [7, 11) is -3.37. The van der Waals surface area contributed by atoms with Gasteiger partial charge >= 0.3 is 0 Å². The molecule has 1 unspecified atom stereocenters. The van der Waals surface area contributed by atoms with E-state index in [4.69, 9.17) is 0 Å². The molecule has 110 valence electrons. The van der Waals surface area contributed by atoms with Crippen LogP contribution in [0, 0.1) is 0 Å². The summed E-state index contributed by atoms with van der Waals surface area (Å²) in [5.41, 5.74) is 0. The summed E-state index contributed by atoms with van der Waals surface area (Å²) in [6.45, 7) is 1.60. The van der Waals surface area contributed by atoms with Crippen LogP contribution in [0.15, 0.2) is 33.6 Å². The van der Waals surface area contributed by atoms with Crippen LogP contribution in [0.4, 0.5) is 0 Å². The summed E-state index contributed by atoms with van der Waals surface area (Å²) in [6.07, 6.45) is 4.19.